The normalized spacial score (nSPS) is 13.4. The number of unbranched alkanes of at least 4 members (excludes halogenated alkanes) is 1. The number of carboxylic acid groups (broad SMARTS) is 1. The second-order valence-corrected chi connectivity index (χ2v) is 3.28. The average Bonchev–Trinajstić information content (AvgIpc) is 2.11. The maximum atomic E-state index is 10.8. The number of nitrogens with two attached hydrogens (primary N) is 1. The van der Waals surface area contributed by atoms with Crippen LogP contribution in [-0.4, -0.2) is 31.5 Å². The Labute approximate surface area is 96.6 Å². The highest BCUT2D eigenvalue weighted by atomic mass is 35.5. The molecule has 0 spiro atoms. The quantitative estimate of drug-likeness (QED) is 0.590. The first-order chi connectivity index (χ1) is 6.42. The van der Waals surface area contributed by atoms with Crippen LogP contribution in [0.2, 0.25) is 5.31 Å². The smallest absolute Gasteiger partial charge is 0.312 e. The van der Waals surface area contributed by atoms with Crippen LogP contribution in [0.25, 0.3) is 0 Å². The number of rotatable bonds is 6. The van der Waals surface area contributed by atoms with E-state index in [0.717, 1.165) is 6.42 Å². The van der Waals surface area contributed by atoms with Gasteiger partial charge in [0.2, 0.25) is 0 Å². The molecule has 4 N–H and O–H groups in total. The van der Waals surface area contributed by atoms with Gasteiger partial charge in [-0.2, -0.15) is 0 Å². The molecular weight excluding hydrogens is 218 g/mol. The van der Waals surface area contributed by atoms with Gasteiger partial charge >= 0.3 is 12.0 Å². The number of hydrogen-bond donors (Lipinski definition) is 3. The molecule has 0 aliphatic rings. The number of primary amides is 1. The molecule has 15 heavy (non-hydrogen) atoms. The Balaban J connectivity index is 0. The molecule has 0 rings (SSSR count). The first-order valence-electron chi connectivity index (χ1n) is 4.48. The van der Waals surface area contributed by atoms with Crippen LogP contribution in [0.5, 0.6) is 0 Å². The van der Waals surface area contributed by atoms with E-state index in [0.29, 0.717) is 12.8 Å². The lowest BCUT2D eigenvalue weighted by molar-refractivity contribution is -0.140. The number of nitrogens with one attached hydrogen (secondary N) is 1. The molecule has 0 bridgehead atoms. The van der Waals surface area contributed by atoms with Crippen LogP contribution in [0.15, 0.2) is 0 Å². The third-order valence-corrected chi connectivity index (χ3v) is 1.98. The largest absolute Gasteiger partial charge is 0.481 e. The van der Waals surface area contributed by atoms with Gasteiger partial charge < -0.3 is 16.2 Å². The van der Waals surface area contributed by atoms with Crippen molar-refractivity contribution in [3.8, 4) is 0 Å². The van der Waals surface area contributed by atoms with E-state index >= 15 is 0 Å². The Hall–Kier alpha value is -0.905. The lowest BCUT2D eigenvalue weighted by atomic mass is 9.65. The first kappa shape index (κ1) is 16.5. The summed E-state index contributed by atoms with van der Waals surface area (Å²) in [6, 6.07) is -0.766. The second kappa shape index (κ2) is 7.39. The highest BCUT2D eigenvalue weighted by molar-refractivity contribution is 6.27. The molecule has 1 unspecified atom stereocenters. The molecule has 0 aliphatic heterocycles. The minimum atomic E-state index is -1.41. The molecule has 0 fully saturated rings. The summed E-state index contributed by atoms with van der Waals surface area (Å²) in [6.07, 6.45) is 1.87. The SMILES string of the molecule is Cl.[B]C(CCCC)(CNC(N)=O)C(=O)O. The fraction of sp³-hybridized carbons (Fsp3) is 0.750. The first-order valence-corrected chi connectivity index (χ1v) is 4.48. The molecule has 86 valence electrons. The standard InChI is InChI=1S/C8H15BN2O3.ClH/c1-2-3-4-8(9,6(12)13)5-11-7(10)14;/h2-5H2,1H3,(H,12,13)(H3,10,11,14);1H. The van der Waals surface area contributed by atoms with Crippen molar-refractivity contribution in [2.45, 2.75) is 31.5 Å². The van der Waals surface area contributed by atoms with Gasteiger partial charge in [0, 0.05) is 11.9 Å². The second-order valence-electron chi connectivity index (χ2n) is 3.28. The van der Waals surface area contributed by atoms with E-state index < -0.39 is 17.3 Å². The van der Waals surface area contributed by atoms with Crippen LogP contribution in [0.1, 0.15) is 26.2 Å². The van der Waals surface area contributed by atoms with Gasteiger partial charge in [-0.3, -0.25) is 4.79 Å². The Morgan fingerprint density at radius 2 is 2.07 bits per heavy atom. The minimum Gasteiger partial charge on any atom is -0.481 e. The Morgan fingerprint density at radius 1 is 1.53 bits per heavy atom. The van der Waals surface area contributed by atoms with Gasteiger partial charge in [0.1, 0.15) is 0 Å². The van der Waals surface area contributed by atoms with Crippen LogP contribution < -0.4 is 11.1 Å². The van der Waals surface area contributed by atoms with Crippen LogP contribution in [-0.2, 0) is 4.79 Å². The van der Waals surface area contributed by atoms with Gasteiger partial charge in [0.15, 0.2) is 0 Å². The van der Waals surface area contributed by atoms with Crippen LogP contribution in [0, 0.1) is 0 Å². The van der Waals surface area contributed by atoms with Gasteiger partial charge in [-0.05, 0) is 6.42 Å². The topological polar surface area (TPSA) is 92.4 Å². The number of carbonyl (C=O) groups excluding carboxylic acids is 1. The molecule has 0 saturated heterocycles. The average molecular weight is 234 g/mol. The summed E-state index contributed by atoms with van der Waals surface area (Å²) in [4.78, 5) is 21.2. The predicted octanol–water partition coefficient (Wildman–Crippen LogP) is 0.678. The Morgan fingerprint density at radius 3 is 2.40 bits per heavy atom. The van der Waals surface area contributed by atoms with Crippen molar-refractivity contribution in [3.05, 3.63) is 0 Å². The zero-order valence-electron chi connectivity index (χ0n) is 8.66. The van der Waals surface area contributed by atoms with Crippen LogP contribution in [0.3, 0.4) is 0 Å². The summed E-state index contributed by atoms with van der Waals surface area (Å²) in [7, 11) is 5.61. The van der Waals surface area contributed by atoms with Crippen molar-refractivity contribution in [1.82, 2.24) is 5.32 Å². The number of carbonyl (C=O) groups is 2. The highest BCUT2D eigenvalue weighted by Gasteiger charge is 2.31. The van der Waals surface area contributed by atoms with Crippen LogP contribution in [0.4, 0.5) is 4.79 Å². The molecule has 0 aromatic carbocycles. The summed E-state index contributed by atoms with van der Waals surface area (Å²) < 4.78 is 0. The summed E-state index contributed by atoms with van der Waals surface area (Å²) in [5.41, 5.74) is 4.83. The summed E-state index contributed by atoms with van der Waals surface area (Å²) in [5.74, 6) is -1.13. The number of urea groups is 1. The van der Waals surface area contributed by atoms with E-state index in [2.05, 4.69) is 5.32 Å². The molecule has 0 heterocycles. The van der Waals surface area contributed by atoms with E-state index in [1.165, 1.54) is 0 Å². The molecule has 7 heteroatoms. The number of halogens is 1. The van der Waals surface area contributed by atoms with Gasteiger partial charge in [-0.1, -0.05) is 19.8 Å². The Kier molecular flexibility index (Phi) is 8.15. The van der Waals surface area contributed by atoms with E-state index in [1.54, 1.807) is 0 Å². The molecule has 2 amide bonds. The Bertz CT molecular complexity index is 228. The van der Waals surface area contributed by atoms with E-state index in [4.69, 9.17) is 18.7 Å². The lowest BCUT2D eigenvalue weighted by Crippen LogP contribution is -2.40. The maximum absolute atomic E-state index is 10.8. The zero-order chi connectivity index (χ0) is 11.2. The fourth-order valence-corrected chi connectivity index (χ4v) is 1.01. The molecular formula is C8H16BClN2O3. The van der Waals surface area contributed by atoms with Crippen molar-refractivity contribution in [3.63, 3.8) is 0 Å². The van der Waals surface area contributed by atoms with E-state index in [-0.39, 0.29) is 19.0 Å². The maximum Gasteiger partial charge on any atom is 0.312 e. The minimum absolute atomic E-state index is 0. The molecule has 1 atom stereocenters. The molecule has 0 aromatic heterocycles. The number of aliphatic carboxylic acids is 1. The zero-order valence-corrected chi connectivity index (χ0v) is 9.47. The van der Waals surface area contributed by atoms with Crippen molar-refractivity contribution >= 4 is 32.3 Å². The predicted molar refractivity (Wildman–Crippen MR) is 60.4 cm³/mol. The van der Waals surface area contributed by atoms with Gasteiger partial charge in [-0.25, -0.2) is 4.79 Å². The fourth-order valence-electron chi connectivity index (χ4n) is 1.01. The van der Waals surface area contributed by atoms with E-state index in [9.17, 15) is 9.59 Å². The molecule has 2 radical (unpaired) electrons. The third kappa shape index (κ3) is 6.22. The summed E-state index contributed by atoms with van der Waals surface area (Å²) in [6.45, 7) is 1.79. The van der Waals surface area contributed by atoms with Gasteiger partial charge in [-0.15, -0.1) is 12.4 Å². The van der Waals surface area contributed by atoms with Crippen molar-refractivity contribution in [2.24, 2.45) is 5.73 Å². The van der Waals surface area contributed by atoms with Crippen LogP contribution >= 0.6 is 12.4 Å². The van der Waals surface area contributed by atoms with E-state index in [1.807, 2.05) is 6.92 Å². The molecule has 0 saturated carbocycles. The highest BCUT2D eigenvalue weighted by Crippen LogP contribution is 2.27. The molecule has 0 aliphatic carbocycles. The monoisotopic (exact) mass is 234 g/mol. The summed E-state index contributed by atoms with van der Waals surface area (Å²) >= 11 is 0. The number of amides is 2. The van der Waals surface area contributed by atoms with Gasteiger partial charge in [0.25, 0.3) is 0 Å². The third-order valence-electron chi connectivity index (χ3n) is 1.98. The number of carboxylic acids is 1. The van der Waals surface area contributed by atoms with Gasteiger partial charge in [0.05, 0.1) is 7.85 Å². The summed E-state index contributed by atoms with van der Waals surface area (Å²) in [5, 5.41) is 9.65. The van der Waals surface area contributed by atoms with Crippen molar-refractivity contribution < 1.29 is 14.7 Å². The van der Waals surface area contributed by atoms with Crippen molar-refractivity contribution in [2.75, 3.05) is 6.54 Å². The molecule has 5 nitrogen and oxygen atoms in total. The lowest BCUT2D eigenvalue weighted by Gasteiger charge is -2.24. The van der Waals surface area contributed by atoms with Crippen molar-refractivity contribution in [1.29, 1.82) is 0 Å². The molecule has 0 aromatic rings. The number of hydrogen-bond acceptors (Lipinski definition) is 2.